The number of hydrogen-bond acceptors (Lipinski definition) is 6. The predicted octanol–water partition coefficient (Wildman–Crippen LogP) is 3.68. The van der Waals surface area contributed by atoms with Crippen molar-refractivity contribution < 1.29 is 14.7 Å². The topological polar surface area (TPSA) is 95.7 Å². The van der Waals surface area contributed by atoms with Gasteiger partial charge in [-0.3, -0.25) is 14.4 Å². The highest BCUT2D eigenvalue weighted by Gasteiger charge is 2.40. The van der Waals surface area contributed by atoms with Crippen molar-refractivity contribution in [1.29, 1.82) is 0 Å². The average molecular weight is 551 g/mol. The lowest BCUT2D eigenvalue weighted by molar-refractivity contribution is -0.129. The van der Waals surface area contributed by atoms with Crippen LogP contribution in [0.3, 0.4) is 0 Å². The van der Waals surface area contributed by atoms with Crippen LogP contribution >= 0.6 is 23.4 Å². The van der Waals surface area contributed by atoms with Crippen LogP contribution in [0.4, 0.5) is 0 Å². The summed E-state index contributed by atoms with van der Waals surface area (Å²) >= 11 is 7.62. The Kier molecular flexibility index (Phi) is 6.65. The molecular weight excluding hydrogens is 524 g/mol. The van der Waals surface area contributed by atoms with Crippen molar-refractivity contribution in [2.24, 2.45) is 0 Å². The number of nitrogens with zero attached hydrogens (tertiary/aromatic N) is 4. The van der Waals surface area contributed by atoms with Gasteiger partial charge in [-0.25, -0.2) is 0 Å². The number of benzene rings is 2. The number of halogens is 1. The smallest absolute Gasteiger partial charge is 0.315 e. The van der Waals surface area contributed by atoms with E-state index in [0.717, 1.165) is 24.2 Å². The molecule has 1 atom stereocenters. The van der Waals surface area contributed by atoms with Crippen molar-refractivity contribution in [1.82, 2.24) is 19.4 Å². The van der Waals surface area contributed by atoms with Crippen molar-refractivity contribution in [3.8, 4) is 5.75 Å². The molecular formula is C28H27ClN4O4S. The van der Waals surface area contributed by atoms with Gasteiger partial charge < -0.3 is 19.5 Å². The number of carbonyl (C=O) groups is 2. The van der Waals surface area contributed by atoms with Crippen molar-refractivity contribution >= 4 is 35.2 Å². The lowest BCUT2D eigenvalue weighted by Crippen LogP contribution is -2.49. The van der Waals surface area contributed by atoms with Gasteiger partial charge in [0.25, 0.3) is 5.91 Å². The van der Waals surface area contributed by atoms with Gasteiger partial charge >= 0.3 is 5.56 Å². The highest BCUT2D eigenvalue weighted by atomic mass is 35.5. The number of carbonyl (C=O) groups excluding carboxylic acids is 2. The summed E-state index contributed by atoms with van der Waals surface area (Å²) in [5.41, 5.74) is 1.60. The van der Waals surface area contributed by atoms with E-state index in [2.05, 4.69) is 17.1 Å². The predicted molar refractivity (Wildman–Crippen MR) is 145 cm³/mol. The number of likely N-dealkylation sites (tertiary alicyclic amines) is 1. The number of fused-ring (bicyclic) bond motifs is 2. The summed E-state index contributed by atoms with van der Waals surface area (Å²) < 4.78 is 1.66. The van der Waals surface area contributed by atoms with E-state index >= 15 is 0 Å². The fourth-order valence-electron chi connectivity index (χ4n) is 5.93. The van der Waals surface area contributed by atoms with Crippen LogP contribution < -0.4 is 5.56 Å². The van der Waals surface area contributed by atoms with Gasteiger partial charge in [-0.05, 0) is 48.9 Å². The second-order valence-electron chi connectivity index (χ2n) is 9.92. The van der Waals surface area contributed by atoms with Crippen LogP contribution in [0, 0.1) is 0 Å². The fraction of sp³-hybridized carbons (Fsp3) is 0.357. The van der Waals surface area contributed by atoms with Crippen molar-refractivity contribution in [3.63, 3.8) is 0 Å². The molecule has 1 aliphatic carbocycles. The third-order valence-corrected chi connectivity index (χ3v) is 9.25. The molecule has 1 unspecified atom stereocenters. The van der Waals surface area contributed by atoms with Crippen LogP contribution in [0.25, 0.3) is 0 Å². The van der Waals surface area contributed by atoms with Crippen LogP contribution in [-0.4, -0.2) is 61.2 Å². The van der Waals surface area contributed by atoms with Gasteiger partial charge in [0.1, 0.15) is 5.82 Å². The summed E-state index contributed by atoms with van der Waals surface area (Å²) in [5.74, 6) is -0.494. The highest BCUT2D eigenvalue weighted by molar-refractivity contribution is 8.00. The first-order valence-corrected chi connectivity index (χ1v) is 14.2. The summed E-state index contributed by atoms with van der Waals surface area (Å²) in [4.78, 5) is 48.2. The Morgan fingerprint density at radius 2 is 1.74 bits per heavy atom. The fourth-order valence-corrected chi connectivity index (χ4v) is 7.05. The van der Waals surface area contributed by atoms with Crippen molar-refractivity contribution in [2.75, 3.05) is 18.8 Å². The Morgan fingerprint density at radius 1 is 1.03 bits per heavy atom. The van der Waals surface area contributed by atoms with Gasteiger partial charge in [-0.2, -0.15) is 4.98 Å². The summed E-state index contributed by atoms with van der Waals surface area (Å²) in [6.07, 6.45) is 2.90. The van der Waals surface area contributed by atoms with Gasteiger partial charge in [-0.15, -0.1) is 11.8 Å². The molecule has 0 spiro atoms. The average Bonchev–Trinajstić information content (AvgIpc) is 3.57. The van der Waals surface area contributed by atoms with Gasteiger partial charge in [-0.1, -0.05) is 48.0 Å². The quantitative estimate of drug-likeness (QED) is 0.487. The monoisotopic (exact) mass is 550 g/mol. The van der Waals surface area contributed by atoms with Crippen LogP contribution in [-0.2, 0) is 24.2 Å². The number of rotatable bonds is 5. The lowest BCUT2D eigenvalue weighted by Gasteiger charge is -2.36. The maximum atomic E-state index is 13.7. The van der Waals surface area contributed by atoms with E-state index < -0.39 is 17.4 Å². The summed E-state index contributed by atoms with van der Waals surface area (Å²) in [6.45, 7) is 1.39. The highest BCUT2D eigenvalue weighted by Crippen LogP contribution is 2.36. The number of aromatic hydroxyl groups is 1. The Labute approximate surface area is 229 Å². The first kappa shape index (κ1) is 25.0. The molecule has 38 heavy (non-hydrogen) atoms. The second-order valence-corrected chi connectivity index (χ2v) is 11.3. The molecule has 2 aliphatic heterocycles. The minimum Gasteiger partial charge on any atom is -0.501 e. The Bertz CT molecular complexity index is 1470. The minimum atomic E-state index is -0.833. The Balaban J connectivity index is 1.26. The molecule has 6 rings (SSSR count). The first-order valence-electron chi connectivity index (χ1n) is 12.8. The molecule has 0 bridgehead atoms. The molecule has 1 fully saturated rings. The molecule has 0 radical (unpaired) electrons. The number of aromatic nitrogens is 2. The van der Waals surface area contributed by atoms with Crippen molar-refractivity contribution in [3.05, 3.63) is 86.6 Å². The van der Waals surface area contributed by atoms with E-state index in [9.17, 15) is 19.5 Å². The molecule has 8 nitrogen and oxygen atoms in total. The van der Waals surface area contributed by atoms with E-state index in [1.807, 2.05) is 30.3 Å². The standard InChI is InChI=1S/C28H27ClN4O4S/c29-20-8-3-4-10-22(20)38-16-23(34)32-11-5-9-21(32)26-30-27(36)25(35)24-28(37)31(12-13-33(24)26)19-14-17-6-1-2-7-18(17)15-19/h1-4,6-8,10,19,21,35H,5,9,11-16H2. The zero-order valence-electron chi connectivity index (χ0n) is 20.7. The zero-order valence-corrected chi connectivity index (χ0v) is 22.2. The Hall–Kier alpha value is -3.30. The SMILES string of the molecule is O=C1c2c(O)c(=O)nc(C3CCCN3C(=O)CSc3ccccc3Cl)n2CCN1C1Cc2ccccc2C1. The summed E-state index contributed by atoms with van der Waals surface area (Å²) in [5, 5.41) is 11.3. The van der Waals surface area contributed by atoms with E-state index in [-0.39, 0.29) is 29.3 Å². The maximum Gasteiger partial charge on any atom is 0.315 e. The van der Waals surface area contributed by atoms with Gasteiger partial charge in [0, 0.05) is 30.6 Å². The normalized spacial score (nSPS) is 19.1. The van der Waals surface area contributed by atoms with E-state index in [1.54, 1.807) is 20.4 Å². The third-order valence-electron chi connectivity index (χ3n) is 7.75. The third kappa shape index (κ3) is 4.37. The molecule has 3 heterocycles. The maximum absolute atomic E-state index is 13.7. The molecule has 10 heteroatoms. The van der Waals surface area contributed by atoms with Crippen LogP contribution in [0.1, 0.15) is 46.3 Å². The van der Waals surface area contributed by atoms with Crippen molar-refractivity contribution in [2.45, 2.75) is 49.2 Å². The van der Waals surface area contributed by atoms with Gasteiger partial charge in [0.05, 0.1) is 16.8 Å². The van der Waals surface area contributed by atoms with E-state index in [4.69, 9.17) is 11.6 Å². The molecule has 2 aromatic carbocycles. The minimum absolute atomic E-state index is 0.0213. The zero-order chi connectivity index (χ0) is 26.4. The molecule has 3 aromatic rings. The lowest BCUT2D eigenvalue weighted by atomic mass is 10.1. The number of thioether (sulfide) groups is 1. The molecule has 0 saturated carbocycles. The van der Waals surface area contributed by atoms with E-state index in [1.165, 1.54) is 22.9 Å². The van der Waals surface area contributed by atoms with Gasteiger partial charge in [0.15, 0.2) is 5.69 Å². The molecule has 1 saturated heterocycles. The molecule has 1 N–H and O–H groups in total. The molecule has 196 valence electrons. The largest absolute Gasteiger partial charge is 0.501 e. The summed E-state index contributed by atoms with van der Waals surface area (Å²) in [7, 11) is 0. The molecule has 1 aromatic heterocycles. The van der Waals surface area contributed by atoms with Crippen LogP contribution in [0.15, 0.2) is 58.2 Å². The Morgan fingerprint density at radius 3 is 2.47 bits per heavy atom. The van der Waals surface area contributed by atoms with Gasteiger partial charge in [0.2, 0.25) is 11.7 Å². The first-order chi connectivity index (χ1) is 18.4. The molecule has 3 aliphatic rings. The van der Waals surface area contributed by atoms with E-state index in [0.29, 0.717) is 36.9 Å². The summed E-state index contributed by atoms with van der Waals surface area (Å²) in [6, 6.07) is 15.1. The van der Waals surface area contributed by atoms with Crippen LogP contribution in [0.5, 0.6) is 5.75 Å². The second kappa shape index (κ2) is 10.1. The number of amides is 2. The number of hydrogen-bond donors (Lipinski definition) is 1. The van der Waals surface area contributed by atoms with Crippen LogP contribution in [0.2, 0.25) is 5.02 Å². The molecule has 2 amide bonds.